The molecule has 0 spiro atoms. The first-order valence-electron chi connectivity index (χ1n) is 4.24. The van der Waals surface area contributed by atoms with E-state index in [4.69, 9.17) is 5.11 Å². The highest BCUT2D eigenvalue weighted by Crippen LogP contribution is 2.22. The lowest BCUT2D eigenvalue weighted by Gasteiger charge is -2.36. The van der Waals surface area contributed by atoms with Crippen LogP contribution in [0.4, 0.5) is 10.5 Å². The first-order chi connectivity index (χ1) is 7.08. The third kappa shape index (κ3) is 1.60. The van der Waals surface area contributed by atoms with E-state index in [9.17, 15) is 14.9 Å². The Kier molecular flexibility index (Phi) is 2.03. The van der Waals surface area contributed by atoms with Gasteiger partial charge in [0.05, 0.1) is 11.0 Å². The number of likely N-dealkylation sites (tertiary alicyclic amines) is 1. The summed E-state index contributed by atoms with van der Waals surface area (Å²) >= 11 is 0. The quantitative estimate of drug-likeness (QED) is 0.562. The van der Waals surface area contributed by atoms with Crippen molar-refractivity contribution in [1.29, 1.82) is 0 Å². The number of nitro groups is 1. The van der Waals surface area contributed by atoms with Gasteiger partial charge in [-0.3, -0.25) is 14.8 Å². The number of aromatic nitrogens is 2. The van der Waals surface area contributed by atoms with Crippen LogP contribution in [0.1, 0.15) is 6.04 Å². The molecule has 0 unspecified atom stereocenters. The highest BCUT2D eigenvalue weighted by atomic mass is 16.6. The smallest absolute Gasteiger partial charge is 0.407 e. The second kappa shape index (κ2) is 3.23. The summed E-state index contributed by atoms with van der Waals surface area (Å²) in [7, 11) is 0. The highest BCUT2D eigenvalue weighted by molar-refractivity contribution is 5.66. The minimum absolute atomic E-state index is 0.0798. The van der Waals surface area contributed by atoms with Crippen LogP contribution in [0.5, 0.6) is 0 Å². The van der Waals surface area contributed by atoms with Gasteiger partial charge in [-0.25, -0.2) is 4.79 Å². The van der Waals surface area contributed by atoms with Gasteiger partial charge < -0.3 is 10.0 Å². The largest absolute Gasteiger partial charge is 0.465 e. The van der Waals surface area contributed by atoms with Gasteiger partial charge in [0.15, 0.2) is 0 Å². The van der Waals surface area contributed by atoms with E-state index in [0.29, 0.717) is 13.1 Å². The van der Waals surface area contributed by atoms with Crippen LogP contribution in [-0.4, -0.2) is 43.9 Å². The molecule has 1 aliphatic heterocycles. The average Bonchev–Trinajstić information content (AvgIpc) is 2.49. The van der Waals surface area contributed by atoms with Crippen LogP contribution in [-0.2, 0) is 0 Å². The number of carboxylic acid groups (broad SMARTS) is 1. The lowest BCUT2D eigenvalue weighted by molar-refractivity contribution is -0.385. The molecule has 0 aromatic carbocycles. The first-order valence-corrected chi connectivity index (χ1v) is 4.24. The topological polar surface area (TPSA) is 102 Å². The predicted octanol–water partition coefficient (Wildman–Crippen LogP) is 0.326. The Hall–Kier alpha value is -2.12. The maximum atomic E-state index is 10.5. The molecule has 1 aromatic rings. The van der Waals surface area contributed by atoms with Gasteiger partial charge in [0, 0.05) is 13.1 Å². The van der Waals surface area contributed by atoms with Gasteiger partial charge >= 0.3 is 11.8 Å². The minimum Gasteiger partial charge on any atom is -0.465 e. The van der Waals surface area contributed by atoms with E-state index < -0.39 is 11.0 Å². The Morgan fingerprint density at radius 1 is 1.67 bits per heavy atom. The van der Waals surface area contributed by atoms with E-state index in [-0.39, 0.29) is 11.7 Å². The van der Waals surface area contributed by atoms with Crippen LogP contribution in [0.15, 0.2) is 12.4 Å². The molecule has 0 bridgehead atoms. The van der Waals surface area contributed by atoms with Crippen molar-refractivity contribution in [2.24, 2.45) is 0 Å². The molecule has 8 nitrogen and oxygen atoms in total. The van der Waals surface area contributed by atoms with E-state index in [0.717, 1.165) is 6.20 Å². The molecule has 1 amide bonds. The SMILES string of the molecule is O=C(O)N1CC(n2cc([N+](=O)[O-])cn2)C1. The van der Waals surface area contributed by atoms with Gasteiger partial charge in [-0.1, -0.05) is 0 Å². The van der Waals surface area contributed by atoms with Crippen LogP contribution < -0.4 is 0 Å². The molecular weight excluding hydrogens is 204 g/mol. The average molecular weight is 212 g/mol. The summed E-state index contributed by atoms with van der Waals surface area (Å²) in [5.41, 5.74) is -0.0798. The van der Waals surface area contributed by atoms with Crippen molar-refractivity contribution in [3.63, 3.8) is 0 Å². The molecule has 1 aliphatic rings. The maximum absolute atomic E-state index is 10.5. The Morgan fingerprint density at radius 2 is 2.33 bits per heavy atom. The fraction of sp³-hybridized carbons (Fsp3) is 0.429. The summed E-state index contributed by atoms with van der Waals surface area (Å²) < 4.78 is 1.43. The molecule has 2 rings (SSSR count). The minimum atomic E-state index is -0.979. The molecule has 15 heavy (non-hydrogen) atoms. The summed E-state index contributed by atoms with van der Waals surface area (Å²) in [5.74, 6) is 0. The number of amides is 1. The number of nitrogens with zero attached hydrogens (tertiary/aromatic N) is 4. The van der Waals surface area contributed by atoms with Crippen molar-refractivity contribution in [3.8, 4) is 0 Å². The monoisotopic (exact) mass is 212 g/mol. The van der Waals surface area contributed by atoms with E-state index in [1.165, 1.54) is 15.8 Å². The molecule has 0 saturated carbocycles. The third-order valence-electron chi connectivity index (χ3n) is 2.31. The molecular formula is C7H8N4O4. The molecule has 1 aromatic heterocycles. The predicted molar refractivity (Wildman–Crippen MR) is 47.5 cm³/mol. The molecule has 1 saturated heterocycles. The Labute approximate surface area is 83.9 Å². The third-order valence-corrected chi connectivity index (χ3v) is 2.31. The normalized spacial score (nSPS) is 16.1. The fourth-order valence-corrected chi connectivity index (χ4v) is 1.40. The molecule has 0 radical (unpaired) electrons. The summed E-state index contributed by atoms with van der Waals surface area (Å²) in [5, 5.41) is 22.8. The Bertz CT molecular complexity index is 409. The zero-order chi connectivity index (χ0) is 11.0. The maximum Gasteiger partial charge on any atom is 0.407 e. The van der Waals surface area contributed by atoms with Gasteiger partial charge in [0.25, 0.3) is 0 Å². The van der Waals surface area contributed by atoms with E-state index in [1.54, 1.807) is 0 Å². The van der Waals surface area contributed by atoms with Crippen LogP contribution in [0.25, 0.3) is 0 Å². The van der Waals surface area contributed by atoms with Crippen LogP contribution in [0.2, 0.25) is 0 Å². The molecule has 80 valence electrons. The van der Waals surface area contributed by atoms with E-state index in [1.807, 2.05) is 0 Å². The van der Waals surface area contributed by atoms with E-state index >= 15 is 0 Å². The summed E-state index contributed by atoms with van der Waals surface area (Å²) in [4.78, 5) is 21.5. The standard InChI is InChI=1S/C7H8N4O4/c12-7(13)9-2-6(3-9)10-4-5(1-8-10)11(14)15/h1,4,6H,2-3H2,(H,12,13). The summed E-state index contributed by atoms with van der Waals surface area (Å²) in [6.07, 6.45) is 1.49. The van der Waals surface area contributed by atoms with Gasteiger partial charge in [0.1, 0.15) is 12.4 Å². The van der Waals surface area contributed by atoms with Gasteiger partial charge in [-0.05, 0) is 0 Å². The highest BCUT2D eigenvalue weighted by Gasteiger charge is 2.32. The molecule has 1 N–H and O–H groups in total. The number of hydrogen-bond donors (Lipinski definition) is 1. The Morgan fingerprint density at radius 3 is 2.80 bits per heavy atom. The van der Waals surface area contributed by atoms with Crippen LogP contribution in [0, 0.1) is 10.1 Å². The second-order valence-corrected chi connectivity index (χ2v) is 3.28. The van der Waals surface area contributed by atoms with Crippen molar-refractivity contribution < 1.29 is 14.8 Å². The zero-order valence-corrected chi connectivity index (χ0v) is 7.61. The molecule has 2 heterocycles. The fourth-order valence-electron chi connectivity index (χ4n) is 1.40. The lowest BCUT2D eigenvalue weighted by Crippen LogP contribution is -2.50. The van der Waals surface area contributed by atoms with Crippen molar-refractivity contribution in [2.75, 3.05) is 13.1 Å². The molecule has 8 heteroatoms. The Balaban J connectivity index is 2.01. The molecule has 0 aliphatic carbocycles. The van der Waals surface area contributed by atoms with Crippen molar-refractivity contribution in [3.05, 3.63) is 22.5 Å². The summed E-state index contributed by atoms with van der Waals surface area (Å²) in [6.45, 7) is 0.655. The van der Waals surface area contributed by atoms with Gasteiger partial charge in [-0.15, -0.1) is 0 Å². The molecule has 0 atom stereocenters. The molecule has 1 fully saturated rings. The zero-order valence-electron chi connectivity index (χ0n) is 7.61. The second-order valence-electron chi connectivity index (χ2n) is 3.28. The first kappa shape index (κ1) is 9.44. The van der Waals surface area contributed by atoms with Gasteiger partial charge in [-0.2, -0.15) is 5.10 Å². The number of rotatable bonds is 2. The van der Waals surface area contributed by atoms with Crippen molar-refractivity contribution in [1.82, 2.24) is 14.7 Å². The lowest BCUT2D eigenvalue weighted by atomic mass is 10.1. The van der Waals surface area contributed by atoms with Crippen LogP contribution in [0.3, 0.4) is 0 Å². The van der Waals surface area contributed by atoms with E-state index in [2.05, 4.69) is 5.10 Å². The number of carbonyl (C=O) groups is 1. The van der Waals surface area contributed by atoms with Crippen molar-refractivity contribution >= 4 is 11.8 Å². The summed E-state index contributed by atoms with van der Waals surface area (Å²) in [6, 6.07) is -0.0881. The van der Waals surface area contributed by atoms with Gasteiger partial charge in [0.2, 0.25) is 0 Å². The number of hydrogen-bond acceptors (Lipinski definition) is 4. The van der Waals surface area contributed by atoms with Crippen molar-refractivity contribution in [2.45, 2.75) is 6.04 Å². The van der Waals surface area contributed by atoms with Crippen LogP contribution >= 0.6 is 0 Å².